The quantitative estimate of drug-likeness (QED) is 0.742. The molecular formula is C19H29N5O2. The molecule has 3 atom stereocenters. The normalized spacial score (nSPS) is 31.8. The molecule has 0 radical (unpaired) electrons. The fraction of sp³-hybridized carbons (Fsp3) is 0.737. The van der Waals surface area contributed by atoms with E-state index in [4.69, 9.17) is 4.74 Å². The predicted octanol–water partition coefficient (Wildman–Crippen LogP) is 2.68. The van der Waals surface area contributed by atoms with Gasteiger partial charge in [-0.1, -0.05) is 6.92 Å². The summed E-state index contributed by atoms with van der Waals surface area (Å²) in [6.07, 6.45) is 8.36. The van der Waals surface area contributed by atoms with E-state index in [1.165, 1.54) is 0 Å². The van der Waals surface area contributed by atoms with E-state index in [-0.39, 0.29) is 12.1 Å². The van der Waals surface area contributed by atoms with E-state index in [9.17, 15) is 10.4 Å². The first-order valence-corrected chi connectivity index (χ1v) is 9.60. The summed E-state index contributed by atoms with van der Waals surface area (Å²) in [6, 6.07) is 2.62. The van der Waals surface area contributed by atoms with Crippen molar-refractivity contribution in [3.8, 4) is 6.07 Å². The Morgan fingerprint density at radius 1 is 1.15 bits per heavy atom. The van der Waals surface area contributed by atoms with E-state index in [1.807, 2.05) is 0 Å². The van der Waals surface area contributed by atoms with E-state index in [1.54, 1.807) is 13.3 Å². The minimum absolute atomic E-state index is 0.133. The molecule has 2 aliphatic carbocycles. The molecule has 26 heavy (non-hydrogen) atoms. The number of nitrogens with one attached hydrogen (secondary N) is 2. The first kappa shape index (κ1) is 18.9. The summed E-state index contributed by atoms with van der Waals surface area (Å²) in [5.41, 5.74) is 0.437. The van der Waals surface area contributed by atoms with E-state index in [0.717, 1.165) is 38.5 Å². The Bertz CT molecular complexity index is 639. The summed E-state index contributed by atoms with van der Waals surface area (Å²) < 4.78 is 5.41. The summed E-state index contributed by atoms with van der Waals surface area (Å²) in [7, 11) is 1.77. The van der Waals surface area contributed by atoms with Gasteiger partial charge in [0.15, 0.2) is 0 Å². The molecule has 2 aliphatic rings. The highest BCUT2D eigenvalue weighted by molar-refractivity contribution is 5.54. The molecule has 142 valence electrons. The Labute approximate surface area is 155 Å². The monoisotopic (exact) mass is 359 g/mol. The topological polar surface area (TPSA) is 103 Å². The average molecular weight is 359 g/mol. The highest BCUT2D eigenvalue weighted by Crippen LogP contribution is 2.28. The maximum Gasteiger partial charge on any atom is 0.224 e. The van der Waals surface area contributed by atoms with Crippen LogP contribution in [0.3, 0.4) is 0 Å². The van der Waals surface area contributed by atoms with Crippen LogP contribution in [0, 0.1) is 17.2 Å². The van der Waals surface area contributed by atoms with E-state index >= 15 is 0 Å². The van der Waals surface area contributed by atoms with Gasteiger partial charge in [0.25, 0.3) is 0 Å². The van der Waals surface area contributed by atoms with Gasteiger partial charge in [0.2, 0.25) is 5.95 Å². The van der Waals surface area contributed by atoms with Gasteiger partial charge >= 0.3 is 0 Å². The van der Waals surface area contributed by atoms with Gasteiger partial charge < -0.3 is 20.5 Å². The number of aliphatic hydroxyl groups is 1. The van der Waals surface area contributed by atoms with Gasteiger partial charge in [-0.25, -0.2) is 4.98 Å². The third kappa shape index (κ3) is 4.63. The lowest BCUT2D eigenvalue weighted by molar-refractivity contribution is 0.0681. The zero-order valence-electron chi connectivity index (χ0n) is 15.6. The number of ether oxygens (including phenoxy) is 1. The average Bonchev–Trinajstić information content (AvgIpc) is 2.66. The SMILES string of the molecule is COC1CCC(Nc2ncc(C#N)c(N[C@@H]3CC[C@@H](C)[C@H](O)C3)n2)CC1. The highest BCUT2D eigenvalue weighted by Gasteiger charge is 2.27. The number of nitrogens with zero attached hydrogens (tertiary/aromatic N) is 3. The van der Waals surface area contributed by atoms with Crippen molar-refractivity contribution >= 4 is 11.8 Å². The zero-order valence-corrected chi connectivity index (χ0v) is 15.6. The Kier molecular flexibility index (Phi) is 6.28. The van der Waals surface area contributed by atoms with Crippen LogP contribution in [0.25, 0.3) is 0 Å². The number of rotatable bonds is 5. The Balaban J connectivity index is 1.64. The molecule has 0 spiro atoms. The molecule has 1 aromatic heterocycles. The number of aromatic nitrogens is 2. The number of hydrogen-bond acceptors (Lipinski definition) is 7. The fourth-order valence-electron chi connectivity index (χ4n) is 3.89. The number of nitriles is 1. The molecule has 0 unspecified atom stereocenters. The number of hydrogen-bond donors (Lipinski definition) is 3. The lowest BCUT2D eigenvalue weighted by Gasteiger charge is -2.32. The first-order valence-electron chi connectivity index (χ1n) is 9.60. The molecule has 2 saturated carbocycles. The van der Waals surface area contributed by atoms with Crippen LogP contribution in [-0.2, 0) is 4.74 Å². The van der Waals surface area contributed by atoms with Gasteiger partial charge in [-0.3, -0.25) is 0 Å². The Hall–Kier alpha value is -1.91. The van der Waals surface area contributed by atoms with Crippen molar-refractivity contribution in [2.24, 2.45) is 5.92 Å². The van der Waals surface area contributed by atoms with Crippen molar-refractivity contribution in [1.82, 2.24) is 9.97 Å². The number of methoxy groups -OCH3 is 1. The summed E-state index contributed by atoms with van der Waals surface area (Å²) in [4.78, 5) is 8.84. The van der Waals surface area contributed by atoms with Gasteiger partial charge in [-0.15, -0.1) is 0 Å². The maximum absolute atomic E-state index is 10.1. The third-order valence-electron chi connectivity index (χ3n) is 5.74. The second kappa shape index (κ2) is 8.65. The van der Waals surface area contributed by atoms with Crippen molar-refractivity contribution < 1.29 is 9.84 Å². The zero-order chi connectivity index (χ0) is 18.5. The minimum Gasteiger partial charge on any atom is -0.393 e. The van der Waals surface area contributed by atoms with Crippen LogP contribution in [0.5, 0.6) is 0 Å². The van der Waals surface area contributed by atoms with E-state index in [2.05, 4.69) is 33.6 Å². The van der Waals surface area contributed by atoms with Crippen molar-refractivity contribution in [1.29, 1.82) is 5.26 Å². The predicted molar refractivity (Wildman–Crippen MR) is 99.9 cm³/mol. The summed E-state index contributed by atoms with van der Waals surface area (Å²) in [5, 5.41) is 26.2. The molecule has 0 bridgehead atoms. The highest BCUT2D eigenvalue weighted by atomic mass is 16.5. The van der Waals surface area contributed by atoms with Gasteiger partial charge in [-0.05, 0) is 50.9 Å². The fourth-order valence-corrected chi connectivity index (χ4v) is 3.89. The Morgan fingerprint density at radius 2 is 1.88 bits per heavy atom. The molecule has 0 amide bonds. The molecule has 0 aliphatic heterocycles. The molecule has 7 nitrogen and oxygen atoms in total. The second-order valence-electron chi connectivity index (χ2n) is 7.62. The van der Waals surface area contributed by atoms with Gasteiger partial charge in [0.1, 0.15) is 17.5 Å². The van der Waals surface area contributed by atoms with Gasteiger partial charge in [0, 0.05) is 19.2 Å². The standard InChI is InChI=1S/C19H29N5O2/c1-12-3-4-15(9-17(12)25)22-18-13(10-20)11-21-19(24-18)23-14-5-7-16(26-2)8-6-14/h11-12,14-17,25H,3-9H2,1-2H3,(H2,21,22,23,24)/t12-,14?,15-,16?,17-/m1/s1. The molecule has 0 aromatic carbocycles. The summed E-state index contributed by atoms with van der Waals surface area (Å²) in [6.45, 7) is 2.08. The molecule has 3 N–H and O–H groups in total. The van der Waals surface area contributed by atoms with Crippen LogP contribution in [0.1, 0.15) is 57.4 Å². The molecule has 0 saturated heterocycles. The van der Waals surface area contributed by atoms with Crippen LogP contribution in [0.15, 0.2) is 6.20 Å². The lowest BCUT2D eigenvalue weighted by Crippen LogP contribution is -2.35. The van der Waals surface area contributed by atoms with Crippen LogP contribution in [0.2, 0.25) is 0 Å². The van der Waals surface area contributed by atoms with Crippen molar-refractivity contribution in [3.63, 3.8) is 0 Å². The van der Waals surface area contributed by atoms with Crippen LogP contribution in [0.4, 0.5) is 11.8 Å². The molecule has 3 rings (SSSR count). The number of aliphatic hydroxyl groups excluding tert-OH is 1. The molecule has 2 fully saturated rings. The van der Waals surface area contributed by atoms with Crippen molar-refractivity contribution in [2.45, 2.75) is 76.2 Å². The smallest absolute Gasteiger partial charge is 0.224 e. The van der Waals surface area contributed by atoms with Gasteiger partial charge in [0.05, 0.1) is 18.4 Å². The van der Waals surface area contributed by atoms with E-state index < -0.39 is 0 Å². The second-order valence-corrected chi connectivity index (χ2v) is 7.62. The molecule has 1 aromatic rings. The van der Waals surface area contributed by atoms with Crippen molar-refractivity contribution in [2.75, 3.05) is 17.7 Å². The van der Waals surface area contributed by atoms with E-state index in [0.29, 0.717) is 41.8 Å². The first-order chi connectivity index (χ1) is 12.6. The Morgan fingerprint density at radius 3 is 2.54 bits per heavy atom. The van der Waals surface area contributed by atoms with Crippen LogP contribution >= 0.6 is 0 Å². The largest absolute Gasteiger partial charge is 0.393 e. The van der Waals surface area contributed by atoms with Crippen molar-refractivity contribution in [3.05, 3.63) is 11.8 Å². The molecular weight excluding hydrogens is 330 g/mol. The lowest BCUT2D eigenvalue weighted by atomic mass is 9.85. The number of anilines is 2. The summed E-state index contributed by atoms with van der Waals surface area (Å²) in [5.74, 6) is 1.44. The maximum atomic E-state index is 10.1. The summed E-state index contributed by atoms with van der Waals surface area (Å²) >= 11 is 0. The third-order valence-corrected chi connectivity index (χ3v) is 5.74. The van der Waals surface area contributed by atoms with Gasteiger partial charge in [-0.2, -0.15) is 10.2 Å². The molecule has 1 heterocycles. The molecule has 7 heteroatoms. The van der Waals surface area contributed by atoms with Crippen LogP contribution < -0.4 is 10.6 Å². The van der Waals surface area contributed by atoms with Crippen LogP contribution in [-0.4, -0.2) is 46.5 Å². The minimum atomic E-state index is -0.304.